The minimum absolute atomic E-state index is 0.0972. The van der Waals surface area contributed by atoms with E-state index in [1.807, 2.05) is 35.8 Å². The Hall–Kier alpha value is -3.06. The largest absolute Gasteiger partial charge is 0.486 e. The molecule has 1 aliphatic heterocycles. The second-order valence-electron chi connectivity index (χ2n) is 6.07. The second-order valence-corrected chi connectivity index (χ2v) is 6.51. The first-order valence-corrected chi connectivity index (χ1v) is 8.82. The molecule has 0 saturated heterocycles. The maximum atomic E-state index is 12.3. The monoisotopic (exact) mass is 384 g/mol. The molecule has 138 valence electrons. The molecule has 1 amide bonds. The molecule has 3 aromatic rings. The van der Waals surface area contributed by atoms with Gasteiger partial charge in [0.25, 0.3) is 5.91 Å². The summed E-state index contributed by atoms with van der Waals surface area (Å²) in [7, 11) is 0. The molecule has 2 aromatic carbocycles. The van der Waals surface area contributed by atoms with E-state index in [0.29, 0.717) is 29.7 Å². The van der Waals surface area contributed by atoms with Gasteiger partial charge in [-0.1, -0.05) is 23.7 Å². The van der Waals surface area contributed by atoms with Gasteiger partial charge in [-0.2, -0.15) is 5.10 Å². The lowest BCUT2D eigenvalue weighted by Crippen LogP contribution is -2.23. The minimum atomic E-state index is -0.252. The highest BCUT2D eigenvalue weighted by Crippen LogP contribution is 2.34. The van der Waals surface area contributed by atoms with Crippen LogP contribution in [0.5, 0.6) is 11.5 Å². The van der Waals surface area contributed by atoms with Gasteiger partial charge in [-0.15, -0.1) is 0 Å². The Morgan fingerprint density at radius 1 is 1.26 bits per heavy atom. The third kappa shape index (κ3) is 3.73. The summed E-state index contributed by atoms with van der Waals surface area (Å²) in [5.41, 5.74) is 4.94. The molecule has 2 heterocycles. The number of hydrazone groups is 1. The number of rotatable bonds is 4. The number of aryl methyl sites for hydroxylation is 1. The lowest BCUT2D eigenvalue weighted by molar-refractivity contribution is -0.121. The molecule has 27 heavy (non-hydrogen) atoms. The van der Waals surface area contributed by atoms with Gasteiger partial charge in [0.15, 0.2) is 11.5 Å². The van der Waals surface area contributed by atoms with Crippen molar-refractivity contribution >= 4 is 34.8 Å². The first-order chi connectivity index (χ1) is 13.1. The number of carbonyl (C=O) groups is 1. The molecule has 1 aromatic heterocycles. The molecule has 4 rings (SSSR count). The highest BCUT2D eigenvalue weighted by atomic mass is 35.5. The van der Waals surface area contributed by atoms with Crippen LogP contribution < -0.4 is 14.9 Å². The van der Waals surface area contributed by atoms with Crippen molar-refractivity contribution in [2.45, 2.75) is 13.5 Å². The highest BCUT2D eigenvalue weighted by Gasteiger charge is 2.17. The molecule has 0 radical (unpaired) electrons. The van der Waals surface area contributed by atoms with Crippen molar-refractivity contribution in [2.24, 2.45) is 5.10 Å². The number of nitrogens with one attached hydrogen (secondary N) is 1. The van der Waals surface area contributed by atoms with E-state index in [-0.39, 0.29) is 12.5 Å². The average molecular weight is 385 g/mol. The van der Waals surface area contributed by atoms with Crippen molar-refractivity contribution in [3.63, 3.8) is 0 Å². The van der Waals surface area contributed by atoms with Crippen LogP contribution in [0, 0.1) is 6.92 Å². The molecule has 0 atom stereocenters. The average Bonchev–Trinajstić information content (AvgIpc) is 2.96. The fraction of sp³-hybridized carbons (Fsp3) is 0.211. The van der Waals surface area contributed by atoms with Crippen molar-refractivity contribution in [3.05, 3.63) is 52.8 Å². The molecule has 0 aliphatic carbocycles. The van der Waals surface area contributed by atoms with E-state index in [0.717, 1.165) is 22.4 Å². The van der Waals surface area contributed by atoms with E-state index in [2.05, 4.69) is 15.5 Å². The van der Waals surface area contributed by atoms with Crippen LogP contribution in [0.2, 0.25) is 5.02 Å². The van der Waals surface area contributed by atoms with Crippen molar-refractivity contribution in [1.29, 1.82) is 0 Å². The summed E-state index contributed by atoms with van der Waals surface area (Å²) < 4.78 is 13.0. The number of aromatic nitrogens is 2. The van der Waals surface area contributed by atoms with Gasteiger partial charge in [0.2, 0.25) is 0 Å². The predicted octanol–water partition coefficient (Wildman–Crippen LogP) is 2.92. The molecule has 0 fully saturated rings. The van der Waals surface area contributed by atoms with Crippen molar-refractivity contribution in [3.8, 4) is 11.5 Å². The zero-order valence-corrected chi connectivity index (χ0v) is 15.4. The molecule has 7 nitrogen and oxygen atoms in total. The predicted molar refractivity (Wildman–Crippen MR) is 103 cm³/mol. The summed E-state index contributed by atoms with van der Waals surface area (Å²) in [6, 6.07) is 10.8. The standard InChI is InChI=1S/C19H17ClN4O3/c1-12-22-15-8-17-18(27-7-6-26-17)9-16(15)24(12)11-19(25)23-21-10-13-2-4-14(20)5-3-13/h2-5,8-10H,6-7,11H2,1H3,(H,23,25). The molecular weight excluding hydrogens is 368 g/mol. The molecule has 1 aliphatic rings. The van der Waals surface area contributed by atoms with Crippen LogP contribution in [0.25, 0.3) is 11.0 Å². The van der Waals surface area contributed by atoms with Crippen LogP contribution in [0.4, 0.5) is 0 Å². The zero-order chi connectivity index (χ0) is 18.8. The summed E-state index contributed by atoms with van der Waals surface area (Å²) in [4.78, 5) is 16.8. The van der Waals surface area contributed by atoms with Crippen molar-refractivity contribution in [1.82, 2.24) is 15.0 Å². The van der Waals surface area contributed by atoms with Gasteiger partial charge in [-0.3, -0.25) is 4.79 Å². The third-order valence-electron chi connectivity index (χ3n) is 4.18. The Kier molecular flexibility index (Phi) is 4.68. The molecule has 1 N–H and O–H groups in total. The third-order valence-corrected chi connectivity index (χ3v) is 4.43. The molecule has 8 heteroatoms. The fourth-order valence-electron chi connectivity index (χ4n) is 2.89. The van der Waals surface area contributed by atoms with E-state index >= 15 is 0 Å². The van der Waals surface area contributed by atoms with Crippen molar-refractivity contribution in [2.75, 3.05) is 13.2 Å². The van der Waals surface area contributed by atoms with E-state index < -0.39 is 0 Å². The van der Waals surface area contributed by atoms with Crippen LogP contribution in [0.15, 0.2) is 41.5 Å². The van der Waals surface area contributed by atoms with Gasteiger partial charge in [0.05, 0.1) is 17.2 Å². The lowest BCUT2D eigenvalue weighted by atomic mass is 10.2. The Balaban J connectivity index is 1.49. The summed E-state index contributed by atoms with van der Waals surface area (Å²) >= 11 is 5.84. The smallest absolute Gasteiger partial charge is 0.260 e. The first-order valence-electron chi connectivity index (χ1n) is 8.44. The quantitative estimate of drug-likeness (QED) is 0.554. The number of hydrogen-bond donors (Lipinski definition) is 1. The Labute approximate surface area is 160 Å². The van der Waals surface area contributed by atoms with E-state index in [1.54, 1.807) is 18.3 Å². The van der Waals surface area contributed by atoms with E-state index in [1.165, 1.54) is 0 Å². The number of imidazole rings is 1. The van der Waals surface area contributed by atoms with E-state index in [4.69, 9.17) is 21.1 Å². The van der Waals surface area contributed by atoms with Crippen molar-refractivity contribution < 1.29 is 14.3 Å². The number of fused-ring (bicyclic) bond motifs is 2. The number of hydrogen-bond acceptors (Lipinski definition) is 5. The van der Waals surface area contributed by atoms with Crippen LogP contribution >= 0.6 is 11.6 Å². The molecule has 0 spiro atoms. The normalized spacial score (nSPS) is 13.3. The van der Waals surface area contributed by atoms with E-state index in [9.17, 15) is 4.79 Å². The highest BCUT2D eigenvalue weighted by molar-refractivity contribution is 6.30. The summed E-state index contributed by atoms with van der Waals surface area (Å²) in [5.74, 6) is 1.81. The van der Waals surface area contributed by atoms with Gasteiger partial charge in [-0.25, -0.2) is 10.4 Å². The summed E-state index contributed by atoms with van der Waals surface area (Å²) in [6.45, 7) is 2.97. The second kappa shape index (κ2) is 7.28. The molecule has 0 saturated carbocycles. The van der Waals surface area contributed by atoms with Crippen LogP contribution in [0.3, 0.4) is 0 Å². The SMILES string of the molecule is Cc1nc2cc3c(cc2n1CC(=O)NN=Cc1ccc(Cl)cc1)OCCO3. The Morgan fingerprint density at radius 2 is 1.96 bits per heavy atom. The van der Waals surface area contributed by atoms with Gasteiger partial charge in [-0.05, 0) is 24.6 Å². The number of halogens is 1. The number of ether oxygens (including phenoxy) is 2. The number of nitrogens with zero attached hydrogens (tertiary/aromatic N) is 3. The van der Waals surface area contributed by atoms with Crippen LogP contribution in [-0.4, -0.2) is 34.9 Å². The van der Waals surface area contributed by atoms with Gasteiger partial charge < -0.3 is 14.0 Å². The first kappa shape index (κ1) is 17.4. The topological polar surface area (TPSA) is 77.7 Å². The van der Waals surface area contributed by atoms with Crippen LogP contribution in [-0.2, 0) is 11.3 Å². The van der Waals surface area contributed by atoms with Gasteiger partial charge >= 0.3 is 0 Å². The number of amides is 1. The summed E-state index contributed by atoms with van der Waals surface area (Å²) in [6.07, 6.45) is 1.56. The summed E-state index contributed by atoms with van der Waals surface area (Å²) in [5, 5.41) is 4.63. The van der Waals surface area contributed by atoms with Crippen LogP contribution in [0.1, 0.15) is 11.4 Å². The number of carbonyl (C=O) groups excluding carboxylic acids is 1. The number of benzene rings is 2. The van der Waals surface area contributed by atoms with Gasteiger partial charge in [0, 0.05) is 17.2 Å². The maximum Gasteiger partial charge on any atom is 0.260 e. The molecular formula is C19H17ClN4O3. The molecule has 0 unspecified atom stereocenters. The van der Waals surface area contributed by atoms with Gasteiger partial charge in [0.1, 0.15) is 25.6 Å². The zero-order valence-electron chi connectivity index (χ0n) is 14.6. The fourth-order valence-corrected chi connectivity index (χ4v) is 3.01. The maximum absolute atomic E-state index is 12.3. The Bertz CT molecular complexity index is 1030. The Morgan fingerprint density at radius 3 is 2.70 bits per heavy atom. The molecule has 0 bridgehead atoms. The lowest BCUT2D eigenvalue weighted by Gasteiger charge is -2.18. The minimum Gasteiger partial charge on any atom is -0.486 e.